The van der Waals surface area contributed by atoms with Crippen molar-refractivity contribution in [2.75, 3.05) is 6.16 Å². The van der Waals surface area contributed by atoms with Crippen molar-refractivity contribution in [2.24, 2.45) is 0 Å². The SMILES string of the molecule is C[Si](C)(C)O[Si](C)(C)CCCCCCCCCc1ccc(-c2ccc(C#N)cc2)nc1.C[Si](C)(C)O[Si](C)(C)CCCCCCCCP(Br)(c1ccccc1)(c1ccccc1)c1ccccc1.N#Cc1ccc(-c2ccc(C=O)cn2)cc1.N#Cc1ccc(-c2ccc(C=O)cn2)cc1.N#Cc1ccc(B(O)O)cc1.O=Cc1ccc(Br)nc1. The molecule has 0 bridgehead atoms. The van der Waals surface area contributed by atoms with E-state index in [4.69, 9.17) is 39.3 Å². The first-order valence-electron chi connectivity index (χ1n) is 40.5. The predicted octanol–water partition coefficient (Wildman–Crippen LogP) is 22.9. The van der Waals surface area contributed by atoms with Crippen molar-refractivity contribution in [3.8, 4) is 58.0 Å². The van der Waals surface area contributed by atoms with E-state index >= 15 is 0 Å². The summed E-state index contributed by atoms with van der Waals surface area (Å²) in [6.45, 7) is 23.5. The van der Waals surface area contributed by atoms with Gasteiger partial charge in [-0.1, -0.05) is 93.1 Å². The molecule has 0 spiro atoms. The smallest absolute Gasteiger partial charge is 0.423 e. The van der Waals surface area contributed by atoms with Gasteiger partial charge in [-0.05, 0) is 170 Å². The monoisotopic (exact) mass is 1800 g/mol. The van der Waals surface area contributed by atoms with Crippen molar-refractivity contribution in [1.29, 1.82) is 21.0 Å². The van der Waals surface area contributed by atoms with Crippen LogP contribution in [0.4, 0.5) is 0 Å². The summed E-state index contributed by atoms with van der Waals surface area (Å²) in [5, 5.41) is 53.5. The Morgan fingerprint density at radius 1 is 0.370 bits per heavy atom. The van der Waals surface area contributed by atoms with E-state index in [1.54, 1.807) is 60.7 Å². The van der Waals surface area contributed by atoms with Gasteiger partial charge in [0.05, 0.1) is 63.6 Å². The number of nitriles is 4. The molecule has 7 aromatic carbocycles. The number of rotatable bonds is 33. The number of carbonyl (C=O) groups is 3. The Balaban J connectivity index is 0.000000237. The first kappa shape index (κ1) is 98.1. The summed E-state index contributed by atoms with van der Waals surface area (Å²) in [7, 11) is -7.22. The summed E-state index contributed by atoms with van der Waals surface area (Å²) in [6.07, 6.45) is 28.2. The summed E-state index contributed by atoms with van der Waals surface area (Å²) < 4.78 is 13.7. The van der Waals surface area contributed by atoms with E-state index in [2.05, 4.69) is 238 Å². The number of hydrogen-bond donors (Lipinski definition) is 2. The second kappa shape index (κ2) is 50.4. The zero-order chi connectivity index (χ0) is 86.6. The van der Waals surface area contributed by atoms with Crippen molar-refractivity contribution < 1.29 is 32.7 Å². The molecular weight excluding hydrogens is 1690 g/mol. The topological polar surface area (TPSA) is 257 Å². The summed E-state index contributed by atoms with van der Waals surface area (Å²) in [4.78, 5) is 47.8. The maximum Gasteiger partial charge on any atom is 0.488 e. The third-order valence-electron chi connectivity index (χ3n) is 19.2. The predicted molar refractivity (Wildman–Crippen MR) is 508 cm³/mol. The minimum atomic E-state index is -2.76. The Bertz CT molecular complexity index is 4810. The van der Waals surface area contributed by atoms with Crippen LogP contribution in [0.3, 0.4) is 0 Å². The van der Waals surface area contributed by atoms with Gasteiger partial charge in [-0.2, -0.15) is 21.0 Å². The molecule has 11 aromatic rings. The maximum absolute atomic E-state index is 10.5. The molecule has 0 amide bonds. The molecule has 15 nitrogen and oxygen atoms in total. The molecule has 23 heteroatoms. The van der Waals surface area contributed by atoms with Crippen LogP contribution in [0.15, 0.2) is 266 Å². The summed E-state index contributed by atoms with van der Waals surface area (Å²) in [5.41, 5.74) is 11.3. The van der Waals surface area contributed by atoms with E-state index in [-0.39, 0.29) is 0 Å². The maximum atomic E-state index is 10.5. The van der Waals surface area contributed by atoms with E-state index in [9.17, 15) is 14.4 Å². The molecule has 616 valence electrons. The summed E-state index contributed by atoms with van der Waals surface area (Å²) in [6, 6.07) is 87.1. The molecule has 0 saturated heterocycles. The number of carbonyl (C=O) groups excluding carboxylic acids is 3. The molecule has 0 fully saturated rings. The fourth-order valence-electron chi connectivity index (χ4n) is 13.6. The van der Waals surface area contributed by atoms with Crippen molar-refractivity contribution in [2.45, 2.75) is 167 Å². The molecule has 0 aliphatic heterocycles. The number of unbranched alkanes of at least 4 members (excludes halogenated alkanes) is 11. The van der Waals surface area contributed by atoms with Crippen molar-refractivity contribution in [1.82, 2.24) is 19.9 Å². The minimum Gasteiger partial charge on any atom is -0.423 e. The Labute approximate surface area is 727 Å². The molecule has 0 aliphatic carbocycles. The van der Waals surface area contributed by atoms with Crippen LogP contribution >= 0.6 is 36.7 Å². The van der Waals surface area contributed by atoms with Gasteiger partial charge in [0.25, 0.3) is 0 Å². The Morgan fingerprint density at radius 3 is 0.958 bits per heavy atom. The standard InChI is InChI=1S/C31H46BrOPSi2.C26H40N2OSi2.2C13H8N2O.C7H6BNO2.C6H4BrNO/c1-35(2,3)33-36(4,5)28-20-9-7-6-8-19-27-34(32,29-21-13-10-14-22-29,30-23-15-11-16-24-30)31-25-17-12-18-26-31;1-30(2,3)29-31(4,5)20-12-10-8-6-7-9-11-13-24-16-19-26(28-22-24)25-17-14-23(21-27)15-18-25;2*14-7-10-1-4-12(5-2-10)13-6-3-11(9-16)8-15-13;9-5-6-1-3-7(4-2-6)8(10)11;7-6-2-1-5(4-9)3-8-6/h10-18,21-26H,6-9,19-20,27-28H2,1-5H3;14-19,22H,6-13,20H2,1-5H3;2*1-6,8-9H;1-4,10-11H;1-4H. The zero-order valence-corrected chi connectivity index (χ0v) is 78.4. The van der Waals surface area contributed by atoms with Gasteiger partial charge in [-0.3, -0.25) is 29.3 Å². The molecule has 0 aliphatic rings. The number of hydrogen-bond acceptors (Lipinski definition) is 15. The number of benzene rings is 7. The number of aldehydes is 3. The largest absolute Gasteiger partial charge is 0.488 e. The number of pyridine rings is 4. The van der Waals surface area contributed by atoms with E-state index in [0.29, 0.717) is 44.4 Å². The van der Waals surface area contributed by atoms with E-state index in [1.807, 2.05) is 60.8 Å². The number of nitrogens with zero attached hydrogens (tertiary/aromatic N) is 8. The van der Waals surface area contributed by atoms with Gasteiger partial charge in [-0.15, -0.1) is 0 Å². The van der Waals surface area contributed by atoms with E-state index in [1.165, 1.54) is 160 Å². The first-order chi connectivity index (χ1) is 57.0. The summed E-state index contributed by atoms with van der Waals surface area (Å²) in [5.74, 6) is 0. The van der Waals surface area contributed by atoms with Gasteiger partial charge < -0.3 is 14.2 Å². The van der Waals surface area contributed by atoms with Crippen LogP contribution in [0, 0.1) is 45.3 Å². The van der Waals surface area contributed by atoms with Crippen LogP contribution in [0.1, 0.15) is 142 Å². The van der Waals surface area contributed by atoms with Crippen molar-refractivity contribution >= 4 is 117 Å². The molecule has 0 radical (unpaired) electrons. The van der Waals surface area contributed by atoms with Crippen LogP contribution < -0.4 is 21.4 Å². The first-order valence-corrected chi connectivity index (χ1v) is 58.8. The van der Waals surface area contributed by atoms with Crippen LogP contribution in [-0.2, 0) is 14.7 Å². The molecule has 4 aromatic heterocycles. The van der Waals surface area contributed by atoms with Gasteiger partial charge in [-0.25, -0.2) is 4.98 Å². The number of halogens is 2. The fraction of sp³-hybridized carbons (Fsp3) is 0.281. The van der Waals surface area contributed by atoms with Crippen LogP contribution in [0.5, 0.6) is 0 Å². The van der Waals surface area contributed by atoms with Gasteiger partial charge in [0, 0.05) is 58.2 Å². The molecule has 0 atom stereocenters. The van der Waals surface area contributed by atoms with Crippen LogP contribution in [-0.4, -0.2) is 95.4 Å². The van der Waals surface area contributed by atoms with Gasteiger partial charge in [0.1, 0.15) is 4.60 Å². The fourth-order valence-corrected chi connectivity index (χ4v) is 37.9. The molecular formula is C96H112BBr2N8O7PSi4. The Kier molecular flexibility index (Phi) is 41.5. The van der Waals surface area contributed by atoms with Gasteiger partial charge >= 0.3 is 239 Å². The Hall–Kier alpha value is -9.73. The second-order valence-electron chi connectivity index (χ2n) is 32.2. The number of aromatic nitrogens is 4. The quantitative estimate of drug-likeness (QED) is 0.0127. The molecule has 0 saturated carbocycles. The van der Waals surface area contributed by atoms with Crippen molar-refractivity contribution in [3.05, 3.63) is 310 Å². The summed E-state index contributed by atoms with van der Waals surface area (Å²) >= 11 is 7.73. The third-order valence-corrected chi connectivity index (χ3v) is 42.2. The average Bonchev–Trinajstić information content (AvgIpc) is 0.707. The van der Waals surface area contributed by atoms with Gasteiger partial charge in [0.2, 0.25) is 0 Å². The van der Waals surface area contributed by atoms with Gasteiger partial charge in [0.15, 0.2) is 35.5 Å². The van der Waals surface area contributed by atoms with E-state index in [0.717, 1.165) is 69.8 Å². The number of aryl methyl sites for hydroxylation is 1. The molecule has 2 N–H and O–H groups in total. The van der Waals surface area contributed by atoms with Crippen LogP contribution in [0.25, 0.3) is 33.8 Å². The second-order valence-corrected chi connectivity index (χ2v) is 60.1. The zero-order valence-electron chi connectivity index (χ0n) is 70.4. The normalized spacial score (nSPS) is 11.3. The van der Waals surface area contributed by atoms with Crippen molar-refractivity contribution in [3.63, 3.8) is 0 Å². The van der Waals surface area contributed by atoms with E-state index < -0.39 is 45.7 Å². The molecule has 0 unspecified atom stereocenters. The third kappa shape index (κ3) is 34.9. The Morgan fingerprint density at radius 2 is 0.672 bits per heavy atom. The average molecular weight is 1800 g/mol. The molecule has 11 rings (SSSR count). The minimum absolute atomic E-state index is 0.393. The molecule has 119 heavy (non-hydrogen) atoms. The van der Waals surface area contributed by atoms with Crippen LogP contribution in [0.2, 0.25) is 77.6 Å². The molecule has 4 heterocycles.